The third-order valence-electron chi connectivity index (χ3n) is 15.4. The number of hydrogen-bond acceptors (Lipinski definition) is 2. The maximum atomic E-state index is 13.0. The average Bonchev–Trinajstić information content (AvgIpc) is 3.26. The zero-order valence-corrected chi connectivity index (χ0v) is 28.5. The molecule has 10 unspecified atom stereocenters. The minimum absolute atomic E-state index is 0.0461. The number of ether oxygens (including phenoxy) is 1. The number of unbranched alkanes of at least 4 members (excludes halogenated alkanes) is 5. The first-order valence-electron chi connectivity index (χ1n) is 18.1. The van der Waals surface area contributed by atoms with Crippen LogP contribution in [0, 0.1) is 56.7 Å². The summed E-state index contributed by atoms with van der Waals surface area (Å²) >= 11 is 0. The third kappa shape index (κ3) is 5.00. The Kier molecular flexibility index (Phi) is 8.71. The van der Waals surface area contributed by atoms with Gasteiger partial charge in [-0.25, -0.2) is 0 Å². The Hall–Kier alpha value is -0.790. The van der Waals surface area contributed by atoms with Crippen molar-refractivity contribution >= 4 is 5.97 Å². The van der Waals surface area contributed by atoms with Gasteiger partial charge in [0, 0.05) is 11.8 Å². The molecule has 0 N–H and O–H groups in total. The van der Waals surface area contributed by atoms with Crippen molar-refractivity contribution < 1.29 is 9.53 Å². The molecule has 5 saturated carbocycles. The summed E-state index contributed by atoms with van der Waals surface area (Å²) in [5.74, 6) is 3.89. The fraction of sp³-hybridized carbons (Fsp3) is 0.923. The standard InChI is InChI=1S/C39H66O2/c1-10-11-12-13-14-15-16-33(40)41-32-21-23-37(7)30(35(32,4)5)20-24-39(9)31(37)18-17-29-34-28(27(2)3)19-22-36(34,6)25-26-38(29,39)8/h28-32,34H,2,10-26H2,1,3-9H3. The predicted molar refractivity (Wildman–Crippen MR) is 173 cm³/mol. The van der Waals surface area contributed by atoms with E-state index in [-0.39, 0.29) is 17.5 Å². The van der Waals surface area contributed by atoms with E-state index in [1.807, 2.05) is 0 Å². The van der Waals surface area contributed by atoms with Gasteiger partial charge in [0.25, 0.3) is 0 Å². The van der Waals surface area contributed by atoms with Crippen molar-refractivity contribution in [3.05, 3.63) is 12.2 Å². The molecule has 0 aromatic heterocycles. The van der Waals surface area contributed by atoms with Crippen LogP contribution >= 0.6 is 0 Å². The number of rotatable bonds is 9. The van der Waals surface area contributed by atoms with Crippen LogP contribution in [0.1, 0.15) is 165 Å². The van der Waals surface area contributed by atoms with Crippen molar-refractivity contribution in [3.63, 3.8) is 0 Å². The summed E-state index contributed by atoms with van der Waals surface area (Å²) in [5, 5.41) is 0. The molecule has 0 spiro atoms. The van der Waals surface area contributed by atoms with Crippen molar-refractivity contribution in [3.8, 4) is 0 Å². The summed E-state index contributed by atoms with van der Waals surface area (Å²) < 4.78 is 6.34. The topological polar surface area (TPSA) is 26.3 Å². The highest BCUT2D eigenvalue weighted by Gasteiger charge is 2.70. The molecule has 2 nitrogen and oxygen atoms in total. The molecule has 10 atom stereocenters. The highest BCUT2D eigenvalue weighted by molar-refractivity contribution is 5.69. The Morgan fingerprint density at radius 1 is 0.756 bits per heavy atom. The highest BCUT2D eigenvalue weighted by Crippen LogP contribution is 2.77. The lowest BCUT2D eigenvalue weighted by atomic mass is 9.32. The minimum atomic E-state index is 0.0461. The van der Waals surface area contributed by atoms with Gasteiger partial charge in [-0.05, 0) is 129 Å². The van der Waals surface area contributed by atoms with Crippen molar-refractivity contribution in [1.82, 2.24) is 0 Å². The van der Waals surface area contributed by atoms with Crippen LogP contribution in [0.4, 0.5) is 0 Å². The maximum absolute atomic E-state index is 13.0. The lowest BCUT2D eigenvalue weighted by Crippen LogP contribution is -2.66. The molecule has 0 saturated heterocycles. The van der Waals surface area contributed by atoms with Crippen molar-refractivity contribution in [2.45, 2.75) is 171 Å². The van der Waals surface area contributed by atoms with E-state index < -0.39 is 0 Å². The molecule has 0 bridgehead atoms. The van der Waals surface area contributed by atoms with E-state index in [4.69, 9.17) is 4.74 Å². The normalized spacial score (nSPS) is 46.5. The van der Waals surface area contributed by atoms with Crippen molar-refractivity contribution in [2.24, 2.45) is 56.7 Å². The van der Waals surface area contributed by atoms with Gasteiger partial charge >= 0.3 is 5.97 Å². The minimum Gasteiger partial charge on any atom is -0.462 e. The quantitative estimate of drug-likeness (QED) is 0.158. The molecule has 0 radical (unpaired) electrons. The van der Waals surface area contributed by atoms with Crippen LogP contribution in [0.5, 0.6) is 0 Å². The van der Waals surface area contributed by atoms with E-state index in [1.165, 1.54) is 89.0 Å². The first-order valence-corrected chi connectivity index (χ1v) is 18.1. The summed E-state index contributed by atoms with van der Waals surface area (Å²) in [6.07, 6.45) is 21.3. The van der Waals surface area contributed by atoms with Crippen molar-refractivity contribution in [1.29, 1.82) is 0 Å². The fourth-order valence-corrected chi connectivity index (χ4v) is 12.9. The Bertz CT molecular complexity index is 980. The van der Waals surface area contributed by atoms with E-state index in [9.17, 15) is 4.79 Å². The Morgan fingerprint density at radius 3 is 2.17 bits per heavy atom. The molecule has 234 valence electrons. The third-order valence-corrected chi connectivity index (χ3v) is 15.4. The number of fused-ring (bicyclic) bond motifs is 7. The number of carbonyl (C=O) groups is 1. The van der Waals surface area contributed by atoms with Crippen LogP contribution < -0.4 is 0 Å². The summed E-state index contributed by atoms with van der Waals surface area (Å²) in [6.45, 7) is 24.8. The zero-order chi connectivity index (χ0) is 29.8. The second-order valence-electron chi connectivity index (χ2n) is 17.7. The second kappa shape index (κ2) is 11.3. The van der Waals surface area contributed by atoms with Gasteiger partial charge in [-0.3, -0.25) is 4.79 Å². The highest BCUT2D eigenvalue weighted by atomic mass is 16.5. The van der Waals surface area contributed by atoms with E-state index in [2.05, 4.69) is 62.0 Å². The van der Waals surface area contributed by atoms with Crippen LogP contribution in [0.15, 0.2) is 12.2 Å². The van der Waals surface area contributed by atoms with Crippen LogP contribution in [-0.4, -0.2) is 12.1 Å². The second-order valence-corrected chi connectivity index (χ2v) is 17.7. The van der Waals surface area contributed by atoms with E-state index in [1.54, 1.807) is 0 Å². The van der Waals surface area contributed by atoms with Gasteiger partial charge in [0.15, 0.2) is 0 Å². The molecular formula is C39H66O2. The first kappa shape index (κ1) is 31.6. The molecule has 5 rings (SSSR count). The summed E-state index contributed by atoms with van der Waals surface area (Å²) in [7, 11) is 0. The van der Waals surface area contributed by atoms with Gasteiger partial charge in [-0.1, -0.05) is 92.7 Å². The van der Waals surface area contributed by atoms with Gasteiger partial charge < -0.3 is 4.74 Å². The largest absolute Gasteiger partial charge is 0.462 e. The van der Waals surface area contributed by atoms with E-state index in [0.29, 0.717) is 34.0 Å². The molecule has 0 heterocycles. The van der Waals surface area contributed by atoms with Crippen LogP contribution in [0.25, 0.3) is 0 Å². The number of allylic oxidation sites excluding steroid dienone is 1. The van der Waals surface area contributed by atoms with Gasteiger partial charge in [0.05, 0.1) is 0 Å². The van der Waals surface area contributed by atoms with E-state index in [0.717, 1.165) is 42.9 Å². The van der Waals surface area contributed by atoms with Gasteiger partial charge in [-0.2, -0.15) is 0 Å². The molecule has 2 heteroatoms. The Labute approximate surface area is 254 Å². The summed E-state index contributed by atoms with van der Waals surface area (Å²) in [6, 6.07) is 0. The molecule has 0 aliphatic heterocycles. The predicted octanol–water partition coefficient (Wildman–Crippen LogP) is 11.3. The lowest BCUT2D eigenvalue weighted by molar-refractivity contribution is -0.249. The molecular weight excluding hydrogens is 500 g/mol. The first-order chi connectivity index (χ1) is 19.2. The summed E-state index contributed by atoms with van der Waals surface area (Å²) in [4.78, 5) is 13.0. The van der Waals surface area contributed by atoms with Crippen molar-refractivity contribution in [2.75, 3.05) is 0 Å². The number of hydrogen-bond donors (Lipinski definition) is 0. The maximum Gasteiger partial charge on any atom is 0.306 e. The van der Waals surface area contributed by atoms with Gasteiger partial charge in [0.2, 0.25) is 0 Å². The molecule has 5 fully saturated rings. The van der Waals surface area contributed by atoms with Crippen LogP contribution in [-0.2, 0) is 9.53 Å². The fourth-order valence-electron chi connectivity index (χ4n) is 12.9. The van der Waals surface area contributed by atoms with Gasteiger partial charge in [0.1, 0.15) is 6.10 Å². The van der Waals surface area contributed by atoms with E-state index >= 15 is 0 Å². The van der Waals surface area contributed by atoms with Crippen LogP contribution in [0.3, 0.4) is 0 Å². The molecule has 0 aromatic rings. The molecule has 41 heavy (non-hydrogen) atoms. The number of esters is 1. The zero-order valence-electron chi connectivity index (χ0n) is 28.5. The smallest absolute Gasteiger partial charge is 0.306 e. The SMILES string of the molecule is C=C(C)C1CCC2(C)CCC3(C)C(CCC4C5(C)CCC(OC(=O)CCCCCCCC)C(C)(C)C5CCC43C)C12. The lowest BCUT2D eigenvalue weighted by Gasteiger charge is -2.73. The van der Waals surface area contributed by atoms with Gasteiger partial charge in [-0.15, -0.1) is 0 Å². The molecule has 0 amide bonds. The molecule has 0 aromatic carbocycles. The monoisotopic (exact) mass is 567 g/mol. The molecule has 5 aliphatic carbocycles. The van der Waals surface area contributed by atoms with Crippen LogP contribution in [0.2, 0.25) is 0 Å². The molecule has 5 aliphatic rings. The summed E-state index contributed by atoms with van der Waals surface area (Å²) in [5.41, 5.74) is 3.20. The Morgan fingerprint density at radius 2 is 1.46 bits per heavy atom. The average molecular weight is 567 g/mol. The Balaban J connectivity index is 1.30. The number of carbonyl (C=O) groups excluding carboxylic acids is 1.